The maximum absolute atomic E-state index is 5.52. The minimum absolute atomic E-state index is 0.213. The summed E-state index contributed by atoms with van der Waals surface area (Å²) >= 11 is 0. The van der Waals surface area contributed by atoms with Crippen LogP contribution in [0.5, 0.6) is 0 Å². The summed E-state index contributed by atoms with van der Waals surface area (Å²) in [7, 11) is 0. The summed E-state index contributed by atoms with van der Waals surface area (Å²) < 4.78 is 7.50. The standard InChI is InChI=1S/C19H29N5O/c1-4-5-6-9-17-21-18(19(2,3)23-11-13-25-14-12-23)24(22-17)16-8-7-10-20-15-16/h7-8,10,15H,4-6,9,11-14H2,1-3H3. The first-order valence-corrected chi connectivity index (χ1v) is 9.32. The fraction of sp³-hybridized carbons (Fsp3) is 0.632. The third kappa shape index (κ3) is 4.07. The number of morpholine rings is 1. The van der Waals surface area contributed by atoms with E-state index in [1.54, 1.807) is 6.20 Å². The Morgan fingerprint density at radius 2 is 2.00 bits per heavy atom. The molecule has 0 radical (unpaired) electrons. The highest BCUT2D eigenvalue weighted by Gasteiger charge is 2.35. The Hall–Kier alpha value is -1.79. The number of aryl methyl sites for hydroxylation is 1. The lowest BCUT2D eigenvalue weighted by atomic mass is 10.0. The van der Waals surface area contributed by atoms with Gasteiger partial charge < -0.3 is 4.74 Å². The molecule has 136 valence electrons. The summed E-state index contributed by atoms with van der Waals surface area (Å²) in [5.74, 6) is 1.91. The van der Waals surface area contributed by atoms with Crippen molar-refractivity contribution >= 4 is 0 Å². The van der Waals surface area contributed by atoms with Gasteiger partial charge in [-0.1, -0.05) is 19.8 Å². The molecule has 2 aromatic rings. The van der Waals surface area contributed by atoms with Crippen LogP contribution in [-0.4, -0.2) is 51.0 Å². The molecule has 0 amide bonds. The van der Waals surface area contributed by atoms with Gasteiger partial charge >= 0.3 is 0 Å². The predicted molar refractivity (Wildman–Crippen MR) is 97.8 cm³/mol. The van der Waals surface area contributed by atoms with E-state index in [1.807, 2.05) is 23.0 Å². The maximum atomic E-state index is 5.52. The summed E-state index contributed by atoms with van der Waals surface area (Å²) in [6.07, 6.45) is 8.11. The molecule has 0 spiro atoms. The number of aromatic nitrogens is 4. The SMILES string of the molecule is CCCCCc1nc(C(C)(C)N2CCOCC2)n(-c2cccnc2)n1. The van der Waals surface area contributed by atoms with Crippen LogP contribution in [0, 0.1) is 0 Å². The van der Waals surface area contributed by atoms with Gasteiger partial charge in [0.15, 0.2) is 11.6 Å². The molecule has 0 bridgehead atoms. The van der Waals surface area contributed by atoms with Crippen LogP contribution in [0.1, 0.15) is 51.7 Å². The minimum atomic E-state index is -0.213. The number of unbranched alkanes of at least 4 members (excludes halogenated alkanes) is 2. The van der Waals surface area contributed by atoms with Crippen LogP contribution in [-0.2, 0) is 16.7 Å². The Morgan fingerprint density at radius 3 is 2.68 bits per heavy atom. The van der Waals surface area contributed by atoms with E-state index >= 15 is 0 Å². The van der Waals surface area contributed by atoms with Gasteiger partial charge in [-0.05, 0) is 32.4 Å². The summed E-state index contributed by atoms with van der Waals surface area (Å²) in [6.45, 7) is 10.0. The van der Waals surface area contributed by atoms with Crippen LogP contribution in [0.2, 0.25) is 0 Å². The van der Waals surface area contributed by atoms with E-state index in [-0.39, 0.29) is 5.54 Å². The van der Waals surface area contributed by atoms with Crippen LogP contribution in [0.3, 0.4) is 0 Å². The minimum Gasteiger partial charge on any atom is -0.379 e. The van der Waals surface area contributed by atoms with Crippen LogP contribution in [0.4, 0.5) is 0 Å². The molecule has 0 unspecified atom stereocenters. The van der Waals surface area contributed by atoms with Gasteiger partial charge in [-0.3, -0.25) is 9.88 Å². The second kappa shape index (κ2) is 8.06. The van der Waals surface area contributed by atoms with Gasteiger partial charge in [-0.15, -0.1) is 0 Å². The van der Waals surface area contributed by atoms with Crippen molar-refractivity contribution in [2.75, 3.05) is 26.3 Å². The fourth-order valence-electron chi connectivity index (χ4n) is 3.31. The lowest BCUT2D eigenvalue weighted by Crippen LogP contribution is -2.49. The van der Waals surface area contributed by atoms with Gasteiger partial charge in [0.25, 0.3) is 0 Å². The molecule has 0 N–H and O–H groups in total. The summed E-state index contributed by atoms with van der Waals surface area (Å²) in [5, 5.41) is 4.82. The van der Waals surface area contributed by atoms with Crippen molar-refractivity contribution in [3.63, 3.8) is 0 Å². The zero-order valence-corrected chi connectivity index (χ0v) is 15.6. The Morgan fingerprint density at radius 1 is 1.20 bits per heavy atom. The zero-order valence-electron chi connectivity index (χ0n) is 15.6. The second-order valence-electron chi connectivity index (χ2n) is 7.09. The van der Waals surface area contributed by atoms with Gasteiger partial charge in [0, 0.05) is 25.7 Å². The quantitative estimate of drug-likeness (QED) is 0.724. The average molecular weight is 343 g/mol. The lowest BCUT2D eigenvalue weighted by molar-refractivity contribution is -0.0154. The molecule has 1 aliphatic heterocycles. The van der Waals surface area contributed by atoms with Crippen LogP contribution in [0.15, 0.2) is 24.5 Å². The van der Waals surface area contributed by atoms with Crippen LogP contribution in [0.25, 0.3) is 5.69 Å². The molecule has 2 aromatic heterocycles. The Bertz CT molecular complexity index is 662. The molecule has 0 aromatic carbocycles. The zero-order chi connectivity index (χ0) is 17.7. The van der Waals surface area contributed by atoms with Gasteiger partial charge in [-0.25, -0.2) is 9.67 Å². The first kappa shape index (κ1) is 18.0. The molecule has 1 aliphatic rings. The first-order valence-electron chi connectivity index (χ1n) is 9.32. The normalized spacial score (nSPS) is 16.3. The van der Waals surface area contributed by atoms with E-state index in [2.05, 4.69) is 30.7 Å². The number of hydrogen-bond acceptors (Lipinski definition) is 5. The van der Waals surface area contributed by atoms with Crippen molar-refractivity contribution in [1.82, 2.24) is 24.6 Å². The summed E-state index contributed by atoms with van der Waals surface area (Å²) in [5.41, 5.74) is 0.753. The molecule has 6 heteroatoms. The smallest absolute Gasteiger partial charge is 0.152 e. The van der Waals surface area contributed by atoms with Gasteiger partial charge in [0.05, 0.1) is 30.6 Å². The van der Waals surface area contributed by atoms with E-state index in [4.69, 9.17) is 14.8 Å². The molecule has 1 fully saturated rings. The molecule has 25 heavy (non-hydrogen) atoms. The molecular weight excluding hydrogens is 314 g/mol. The molecule has 3 heterocycles. The van der Waals surface area contributed by atoms with E-state index in [0.29, 0.717) is 0 Å². The lowest BCUT2D eigenvalue weighted by Gasteiger charge is -2.39. The second-order valence-corrected chi connectivity index (χ2v) is 7.09. The van der Waals surface area contributed by atoms with Gasteiger partial charge in [0.2, 0.25) is 0 Å². The van der Waals surface area contributed by atoms with Crippen molar-refractivity contribution in [1.29, 1.82) is 0 Å². The third-order valence-corrected chi connectivity index (χ3v) is 4.89. The van der Waals surface area contributed by atoms with Crippen molar-refractivity contribution in [2.24, 2.45) is 0 Å². The highest BCUT2D eigenvalue weighted by atomic mass is 16.5. The average Bonchev–Trinajstić information content (AvgIpc) is 3.08. The molecule has 1 saturated heterocycles. The molecule has 0 aliphatic carbocycles. The third-order valence-electron chi connectivity index (χ3n) is 4.89. The highest BCUT2D eigenvalue weighted by Crippen LogP contribution is 2.29. The number of ether oxygens (including phenoxy) is 1. The Balaban J connectivity index is 1.94. The summed E-state index contributed by atoms with van der Waals surface area (Å²) in [4.78, 5) is 11.6. The number of hydrogen-bond donors (Lipinski definition) is 0. The van der Waals surface area contributed by atoms with Gasteiger partial charge in [0.1, 0.15) is 0 Å². The largest absolute Gasteiger partial charge is 0.379 e. The number of rotatable bonds is 7. The number of nitrogens with zero attached hydrogens (tertiary/aromatic N) is 5. The van der Waals surface area contributed by atoms with E-state index in [1.165, 1.54) is 12.8 Å². The highest BCUT2D eigenvalue weighted by molar-refractivity contribution is 5.29. The van der Waals surface area contributed by atoms with Crippen LogP contribution >= 0.6 is 0 Å². The van der Waals surface area contributed by atoms with E-state index in [0.717, 1.165) is 56.5 Å². The summed E-state index contributed by atoms with van der Waals surface area (Å²) in [6, 6.07) is 3.98. The fourth-order valence-corrected chi connectivity index (χ4v) is 3.31. The Labute approximate surface area is 150 Å². The predicted octanol–water partition coefficient (Wildman–Crippen LogP) is 2.96. The molecule has 0 saturated carbocycles. The van der Waals surface area contributed by atoms with Crippen molar-refractivity contribution < 1.29 is 4.74 Å². The monoisotopic (exact) mass is 343 g/mol. The topological polar surface area (TPSA) is 56.1 Å². The Kier molecular flexibility index (Phi) is 5.81. The first-order chi connectivity index (χ1) is 12.1. The molecule has 6 nitrogen and oxygen atoms in total. The van der Waals surface area contributed by atoms with Crippen LogP contribution < -0.4 is 0 Å². The van der Waals surface area contributed by atoms with E-state index in [9.17, 15) is 0 Å². The van der Waals surface area contributed by atoms with Crippen molar-refractivity contribution in [3.8, 4) is 5.69 Å². The van der Waals surface area contributed by atoms with Crippen molar-refractivity contribution in [3.05, 3.63) is 36.2 Å². The molecule has 0 atom stereocenters. The van der Waals surface area contributed by atoms with Crippen molar-refractivity contribution in [2.45, 2.75) is 52.0 Å². The van der Waals surface area contributed by atoms with E-state index < -0.39 is 0 Å². The molecular formula is C19H29N5O. The molecule has 3 rings (SSSR count). The maximum Gasteiger partial charge on any atom is 0.152 e. The van der Waals surface area contributed by atoms with Gasteiger partial charge in [-0.2, -0.15) is 5.10 Å². The number of pyridine rings is 1.